The van der Waals surface area contributed by atoms with E-state index in [1.165, 1.54) is 17.4 Å². The van der Waals surface area contributed by atoms with Gasteiger partial charge in [0.25, 0.3) is 0 Å². The van der Waals surface area contributed by atoms with Gasteiger partial charge in [0.15, 0.2) is 11.5 Å². The van der Waals surface area contributed by atoms with Crippen molar-refractivity contribution in [1.82, 2.24) is 0 Å². The van der Waals surface area contributed by atoms with E-state index in [0.717, 1.165) is 28.0 Å². The second-order valence-electron chi connectivity index (χ2n) is 7.48. The van der Waals surface area contributed by atoms with Gasteiger partial charge in [-0.25, -0.2) is 4.79 Å². The number of methoxy groups -OCH3 is 1. The van der Waals surface area contributed by atoms with Crippen molar-refractivity contribution in [3.8, 4) is 11.5 Å². The van der Waals surface area contributed by atoms with E-state index in [0.29, 0.717) is 28.7 Å². The van der Waals surface area contributed by atoms with E-state index in [9.17, 15) is 9.59 Å². The Morgan fingerprint density at radius 3 is 2.56 bits per heavy atom. The van der Waals surface area contributed by atoms with Crippen molar-refractivity contribution in [2.75, 3.05) is 19.0 Å². The molecule has 0 aliphatic rings. The average Bonchev–Trinajstić information content (AvgIpc) is 3.25. The normalized spacial score (nSPS) is 10.8. The minimum atomic E-state index is -0.441. The lowest BCUT2D eigenvalue weighted by molar-refractivity contribution is -0.111. The van der Waals surface area contributed by atoms with Crippen LogP contribution in [0.5, 0.6) is 11.5 Å². The van der Waals surface area contributed by atoms with Crippen LogP contribution in [0.3, 0.4) is 0 Å². The highest BCUT2D eigenvalue weighted by Crippen LogP contribution is 2.31. The lowest BCUT2D eigenvalue weighted by Gasteiger charge is -2.12. The van der Waals surface area contributed by atoms with Crippen molar-refractivity contribution >= 4 is 34.3 Å². The van der Waals surface area contributed by atoms with Gasteiger partial charge in [-0.1, -0.05) is 37.3 Å². The number of hydrogen-bond donors (Lipinski definition) is 1. The molecule has 0 aliphatic heterocycles. The number of amides is 1. The number of benzene rings is 2. The zero-order valence-electron chi connectivity index (χ0n) is 19.8. The van der Waals surface area contributed by atoms with Gasteiger partial charge in [0, 0.05) is 11.0 Å². The Labute approximate surface area is 204 Å². The third-order valence-electron chi connectivity index (χ3n) is 5.12. The number of thiophene rings is 1. The molecule has 3 aromatic rings. The Kier molecular flexibility index (Phi) is 8.87. The number of carbonyl (C=O) groups excluding carboxylic acids is 2. The van der Waals surface area contributed by atoms with Crippen LogP contribution in [0.1, 0.15) is 45.8 Å². The van der Waals surface area contributed by atoms with E-state index in [2.05, 4.69) is 5.32 Å². The minimum absolute atomic E-state index is 0.274. The molecule has 0 aliphatic carbocycles. The summed E-state index contributed by atoms with van der Waals surface area (Å²) in [5, 5.41) is 3.28. The first-order valence-electron chi connectivity index (χ1n) is 11.1. The molecule has 0 bridgehead atoms. The van der Waals surface area contributed by atoms with Gasteiger partial charge in [-0.2, -0.15) is 0 Å². The molecule has 34 heavy (non-hydrogen) atoms. The molecular formula is C27H29NO5S. The summed E-state index contributed by atoms with van der Waals surface area (Å²) >= 11 is 1.37. The van der Waals surface area contributed by atoms with Crippen LogP contribution in [-0.2, 0) is 22.6 Å². The molecule has 0 spiro atoms. The third kappa shape index (κ3) is 6.48. The summed E-state index contributed by atoms with van der Waals surface area (Å²) in [6, 6.07) is 15.3. The highest BCUT2D eigenvalue weighted by Gasteiger charge is 2.18. The van der Waals surface area contributed by atoms with Gasteiger partial charge >= 0.3 is 5.97 Å². The molecule has 7 heteroatoms. The van der Waals surface area contributed by atoms with Crippen molar-refractivity contribution in [1.29, 1.82) is 0 Å². The second kappa shape index (κ2) is 12.0. The molecule has 1 N–H and O–H groups in total. The summed E-state index contributed by atoms with van der Waals surface area (Å²) in [6.07, 6.45) is 3.87. The second-order valence-corrected chi connectivity index (χ2v) is 8.61. The SMILES string of the molecule is CCOC(=O)c1cc(CC)sc1NC(=O)C=Cc1ccc(OCc2ccccc2C)c(OC)c1. The van der Waals surface area contributed by atoms with Crippen LogP contribution < -0.4 is 14.8 Å². The van der Waals surface area contributed by atoms with E-state index in [1.807, 2.05) is 50.2 Å². The zero-order valence-corrected chi connectivity index (χ0v) is 20.7. The maximum Gasteiger partial charge on any atom is 0.341 e. The van der Waals surface area contributed by atoms with Crippen LogP contribution in [0.4, 0.5) is 5.00 Å². The minimum Gasteiger partial charge on any atom is -0.493 e. The number of esters is 1. The third-order valence-corrected chi connectivity index (χ3v) is 6.32. The van der Waals surface area contributed by atoms with Gasteiger partial charge in [-0.3, -0.25) is 4.79 Å². The summed E-state index contributed by atoms with van der Waals surface area (Å²) in [7, 11) is 1.58. The number of anilines is 1. The van der Waals surface area contributed by atoms with Crippen LogP contribution >= 0.6 is 11.3 Å². The summed E-state index contributed by atoms with van der Waals surface area (Å²) in [5.74, 6) is 0.418. The van der Waals surface area contributed by atoms with Crippen LogP contribution in [0.2, 0.25) is 0 Å². The van der Waals surface area contributed by atoms with Gasteiger partial charge in [0.2, 0.25) is 5.91 Å². The molecule has 6 nitrogen and oxygen atoms in total. The van der Waals surface area contributed by atoms with Gasteiger partial charge in [-0.15, -0.1) is 11.3 Å². The monoisotopic (exact) mass is 479 g/mol. The van der Waals surface area contributed by atoms with Crippen molar-refractivity contribution in [3.05, 3.63) is 81.7 Å². The van der Waals surface area contributed by atoms with Crippen molar-refractivity contribution in [2.45, 2.75) is 33.8 Å². The molecule has 0 saturated carbocycles. The number of rotatable bonds is 10. The van der Waals surface area contributed by atoms with E-state index in [4.69, 9.17) is 14.2 Å². The summed E-state index contributed by atoms with van der Waals surface area (Å²) in [4.78, 5) is 25.7. The number of carbonyl (C=O) groups is 2. The number of aryl methyl sites for hydroxylation is 2. The van der Waals surface area contributed by atoms with Crippen molar-refractivity contribution in [3.63, 3.8) is 0 Å². The lowest BCUT2D eigenvalue weighted by Crippen LogP contribution is -2.11. The molecular weight excluding hydrogens is 450 g/mol. The molecule has 0 radical (unpaired) electrons. The smallest absolute Gasteiger partial charge is 0.341 e. The molecule has 0 atom stereocenters. The Bertz CT molecular complexity index is 1180. The standard InChI is InChI=1S/C27H29NO5S/c1-5-21-16-22(27(30)32-6-2)26(34-21)28-25(29)14-12-19-11-13-23(24(15-19)31-4)33-17-20-10-8-7-9-18(20)3/h7-16H,5-6,17H2,1-4H3,(H,28,29). The van der Waals surface area contributed by atoms with Crippen molar-refractivity contribution in [2.24, 2.45) is 0 Å². The Hall–Kier alpha value is -3.58. The van der Waals surface area contributed by atoms with Crippen LogP contribution in [0.15, 0.2) is 54.6 Å². The Balaban J connectivity index is 1.68. The van der Waals surface area contributed by atoms with Crippen LogP contribution in [0.25, 0.3) is 6.08 Å². The average molecular weight is 480 g/mol. The molecule has 0 fully saturated rings. The summed E-state index contributed by atoms with van der Waals surface area (Å²) in [5.41, 5.74) is 3.42. The predicted octanol–water partition coefficient (Wildman–Crippen LogP) is 6.04. The molecule has 178 valence electrons. The maximum absolute atomic E-state index is 12.5. The summed E-state index contributed by atoms with van der Waals surface area (Å²) < 4.78 is 16.5. The Morgan fingerprint density at radius 2 is 1.85 bits per heavy atom. The lowest BCUT2D eigenvalue weighted by atomic mass is 10.1. The van der Waals surface area contributed by atoms with Gasteiger partial charge in [0.1, 0.15) is 11.6 Å². The van der Waals surface area contributed by atoms with E-state index < -0.39 is 5.97 Å². The highest BCUT2D eigenvalue weighted by molar-refractivity contribution is 7.16. The molecule has 2 aromatic carbocycles. The molecule has 3 rings (SSSR count). The van der Waals surface area contributed by atoms with Gasteiger partial charge in [-0.05, 0) is 61.2 Å². The first-order valence-corrected chi connectivity index (χ1v) is 11.9. The molecule has 1 amide bonds. The van der Waals surface area contributed by atoms with Gasteiger partial charge in [0.05, 0.1) is 19.3 Å². The van der Waals surface area contributed by atoms with E-state index in [1.54, 1.807) is 32.2 Å². The summed E-state index contributed by atoms with van der Waals surface area (Å²) in [6.45, 7) is 6.50. The quantitative estimate of drug-likeness (QED) is 0.284. The van der Waals surface area contributed by atoms with E-state index in [-0.39, 0.29) is 12.5 Å². The van der Waals surface area contributed by atoms with Crippen molar-refractivity contribution < 1.29 is 23.8 Å². The fourth-order valence-corrected chi connectivity index (χ4v) is 4.22. The molecule has 0 unspecified atom stereocenters. The fourth-order valence-electron chi connectivity index (χ4n) is 3.23. The van der Waals surface area contributed by atoms with Crippen LogP contribution in [0, 0.1) is 6.92 Å². The predicted molar refractivity (Wildman–Crippen MR) is 136 cm³/mol. The number of ether oxygens (including phenoxy) is 3. The molecule has 0 saturated heterocycles. The first-order chi connectivity index (χ1) is 16.4. The Morgan fingerprint density at radius 1 is 1.06 bits per heavy atom. The zero-order chi connectivity index (χ0) is 24.5. The van der Waals surface area contributed by atoms with Gasteiger partial charge < -0.3 is 19.5 Å². The van der Waals surface area contributed by atoms with Crippen LogP contribution in [-0.4, -0.2) is 25.6 Å². The topological polar surface area (TPSA) is 73.9 Å². The number of nitrogens with one attached hydrogen (secondary N) is 1. The van der Waals surface area contributed by atoms with E-state index >= 15 is 0 Å². The highest BCUT2D eigenvalue weighted by atomic mass is 32.1. The maximum atomic E-state index is 12.5. The molecule has 1 heterocycles. The fraction of sp³-hybridized carbons (Fsp3) is 0.259. The largest absolute Gasteiger partial charge is 0.493 e. The first kappa shape index (κ1) is 25.1. The molecule has 1 aromatic heterocycles. The number of hydrogen-bond acceptors (Lipinski definition) is 6.